The van der Waals surface area contributed by atoms with E-state index in [1.54, 1.807) is 11.3 Å². The van der Waals surface area contributed by atoms with Gasteiger partial charge in [-0.15, -0.1) is 0 Å². The molecule has 0 saturated carbocycles. The summed E-state index contributed by atoms with van der Waals surface area (Å²) < 4.78 is 0. The number of carbonyl (C=O) groups excluding carboxylic acids is 1. The molecule has 0 unspecified atom stereocenters. The van der Waals surface area contributed by atoms with Crippen molar-refractivity contribution in [1.29, 1.82) is 0 Å². The number of nitro groups is 1. The molecule has 0 aliphatic carbocycles. The van der Waals surface area contributed by atoms with E-state index in [1.807, 2.05) is 35.8 Å². The number of hydrogen-bond donors (Lipinski definition) is 2. The first-order valence-corrected chi connectivity index (χ1v) is 8.38. The molecule has 0 spiro atoms. The summed E-state index contributed by atoms with van der Waals surface area (Å²) in [7, 11) is 3.87. The third-order valence-electron chi connectivity index (χ3n) is 3.41. The molecule has 24 heavy (non-hydrogen) atoms. The molecule has 2 N–H and O–H groups in total. The summed E-state index contributed by atoms with van der Waals surface area (Å²) in [6.45, 7) is 0.408. The highest BCUT2D eigenvalue weighted by Gasteiger charge is 2.17. The van der Waals surface area contributed by atoms with Crippen molar-refractivity contribution in [1.82, 2.24) is 10.2 Å². The standard InChI is InChI=1S/C15H17ClN4O3S/c1-19(2)14(10-5-6-24-9-10)8-17-15(21)18-11-3-4-12(16)13(7-11)20(22)23/h3-7,9,14H,8H2,1-2H3,(H2,17,18,21)/t14-/m1/s1. The van der Waals surface area contributed by atoms with Crippen LogP contribution in [0.3, 0.4) is 0 Å². The number of urea groups is 1. The van der Waals surface area contributed by atoms with Crippen LogP contribution in [0.1, 0.15) is 11.6 Å². The fraction of sp³-hybridized carbons (Fsp3) is 0.267. The lowest BCUT2D eigenvalue weighted by Gasteiger charge is -2.24. The second-order valence-corrected chi connectivity index (χ2v) is 6.48. The molecule has 0 aliphatic heterocycles. The number of rotatable bonds is 6. The Kier molecular flexibility index (Phi) is 6.13. The molecule has 128 valence electrons. The van der Waals surface area contributed by atoms with Crippen molar-refractivity contribution in [3.05, 3.63) is 55.7 Å². The van der Waals surface area contributed by atoms with Crippen molar-refractivity contribution in [2.75, 3.05) is 26.0 Å². The Labute approximate surface area is 148 Å². The lowest BCUT2D eigenvalue weighted by atomic mass is 10.1. The Morgan fingerprint density at radius 1 is 1.42 bits per heavy atom. The van der Waals surface area contributed by atoms with E-state index in [-0.39, 0.29) is 16.8 Å². The van der Waals surface area contributed by atoms with Crippen LogP contribution in [0.4, 0.5) is 16.2 Å². The summed E-state index contributed by atoms with van der Waals surface area (Å²) in [6, 6.07) is 5.73. The van der Waals surface area contributed by atoms with E-state index in [4.69, 9.17) is 11.6 Å². The molecule has 2 rings (SSSR count). The van der Waals surface area contributed by atoms with Gasteiger partial charge in [0.05, 0.1) is 11.0 Å². The number of halogens is 1. The van der Waals surface area contributed by atoms with Gasteiger partial charge in [0.1, 0.15) is 5.02 Å². The molecular formula is C15H17ClN4O3S. The molecule has 0 bridgehead atoms. The van der Waals surface area contributed by atoms with Crippen LogP contribution in [0.15, 0.2) is 35.0 Å². The van der Waals surface area contributed by atoms with Gasteiger partial charge in [-0.2, -0.15) is 11.3 Å². The number of nitrogens with one attached hydrogen (secondary N) is 2. The zero-order valence-corrected chi connectivity index (χ0v) is 14.7. The van der Waals surface area contributed by atoms with Gasteiger partial charge in [-0.1, -0.05) is 11.6 Å². The first-order chi connectivity index (χ1) is 11.4. The van der Waals surface area contributed by atoms with E-state index in [2.05, 4.69) is 10.6 Å². The van der Waals surface area contributed by atoms with Crippen molar-refractivity contribution in [3.63, 3.8) is 0 Å². The first kappa shape index (κ1) is 18.2. The van der Waals surface area contributed by atoms with E-state index in [0.29, 0.717) is 12.2 Å². The Hall–Kier alpha value is -2.16. The van der Waals surface area contributed by atoms with E-state index in [9.17, 15) is 14.9 Å². The summed E-state index contributed by atoms with van der Waals surface area (Å²) in [6.07, 6.45) is 0. The molecule has 0 radical (unpaired) electrons. The van der Waals surface area contributed by atoms with Crippen molar-refractivity contribution in [3.8, 4) is 0 Å². The molecule has 1 heterocycles. The van der Waals surface area contributed by atoms with Gasteiger partial charge in [0, 0.05) is 18.3 Å². The average Bonchev–Trinajstić information content (AvgIpc) is 3.03. The summed E-state index contributed by atoms with van der Waals surface area (Å²) in [5.74, 6) is 0. The van der Waals surface area contributed by atoms with Gasteiger partial charge >= 0.3 is 6.03 Å². The number of hydrogen-bond acceptors (Lipinski definition) is 5. The minimum absolute atomic E-state index is 0.0242. The number of nitro benzene ring substituents is 1. The van der Waals surface area contributed by atoms with Crippen molar-refractivity contribution in [2.24, 2.45) is 0 Å². The smallest absolute Gasteiger partial charge is 0.319 e. The SMILES string of the molecule is CN(C)[C@H](CNC(=O)Nc1ccc(Cl)c([N+](=O)[O-])c1)c1ccsc1. The van der Waals surface area contributed by atoms with Gasteiger partial charge < -0.3 is 15.5 Å². The van der Waals surface area contributed by atoms with Crippen LogP contribution in [-0.2, 0) is 0 Å². The molecule has 1 aromatic heterocycles. The predicted octanol–water partition coefficient (Wildman–Crippen LogP) is 3.73. The molecular weight excluding hydrogens is 352 g/mol. The summed E-state index contributed by atoms with van der Waals surface area (Å²) in [4.78, 5) is 24.3. The van der Waals surface area contributed by atoms with E-state index in [0.717, 1.165) is 5.56 Å². The average molecular weight is 369 g/mol. The Bertz CT molecular complexity index is 722. The van der Waals surface area contributed by atoms with Crippen molar-refractivity contribution >= 4 is 40.3 Å². The van der Waals surface area contributed by atoms with Gasteiger partial charge in [-0.25, -0.2) is 4.79 Å². The third-order valence-corrected chi connectivity index (χ3v) is 4.43. The predicted molar refractivity (Wildman–Crippen MR) is 95.9 cm³/mol. The lowest BCUT2D eigenvalue weighted by molar-refractivity contribution is -0.384. The van der Waals surface area contributed by atoms with E-state index in [1.165, 1.54) is 18.2 Å². The van der Waals surface area contributed by atoms with Crippen LogP contribution >= 0.6 is 22.9 Å². The number of carbonyl (C=O) groups is 1. The highest BCUT2D eigenvalue weighted by molar-refractivity contribution is 7.07. The Morgan fingerprint density at radius 2 is 2.17 bits per heavy atom. The first-order valence-electron chi connectivity index (χ1n) is 7.06. The van der Waals surface area contributed by atoms with Gasteiger partial charge in [0.25, 0.3) is 5.69 Å². The van der Waals surface area contributed by atoms with Crippen LogP contribution in [0, 0.1) is 10.1 Å². The highest BCUT2D eigenvalue weighted by atomic mass is 35.5. The summed E-state index contributed by atoms with van der Waals surface area (Å²) in [5, 5.41) is 20.3. The number of amides is 2. The van der Waals surface area contributed by atoms with E-state index >= 15 is 0 Å². The minimum Gasteiger partial charge on any atom is -0.336 e. The van der Waals surface area contributed by atoms with E-state index < -0.39 is 11.0 Å². The van der Waals surface area contributed by atoms with Crippen molar-refractivity contribution in [2.45, 2.75) is 6.04 Å². The fourth-order valence-electron chi connectivity index (χ4n) is 2.16. The second kappa shape index (κ2) is 8.09. The highest BCUT2D eigenvalue weighted by Crippen LogP contribution is 2.27. The zero-order valence-electron chi connectivity index (χ0n) is 13.2. The quantitative estimate of drug-likeness (QED) is 0.600. The maximum Gasteiger partial charge on any atom is 0.319 e. The summed E-state index contributed by atoms with van der Waals surface area (Å²) in [5.41, 5.74) is 1.17. The minimum atomic E-state index is -0.593. The number of benzene rings is 1. The van der Waals surface area contributed by atoms with Crippen LogP contribution in [0.25, 0.3) is 0 Å². The van der Waals surface area contributed by atoms with Crippen LogP contribution < -0.4 is 10.6 Å². The number of likely N-dealkylation sites (N-methyl/N-ethyl adjacent to an activating group) is 1. The largest absolute Gasteiger partial charge is 0.336 e. The monoisotopic (exact) mass is 368 g/mol. The van der Waals surface area contributed by atoms with Gasteiger partial charge in [-0.3, -0.25) is 10.1 Å². The van der Waals surface area contributed by atoms with Gasteiger partial charge in [0.15, 0.2) is 0 Å². The topological polar surface area (TPSA) is 87.5 Å². The third kappa shape index (κ3) is 4.67. The Morgan fingerprint density at radius 3 is 2.75 bits per heavy atom. The molecule has 0 aliphatic rings. The Balaban J connectivity index is 1.98. The molecule has 1 atom stereocenters. The molecule has 7 nitrogen and oxygen atoms in total. The second-order valence-electron chi connectivity index (χ2n) is 5.29. The molecule has 0 fully saturated rings. The summed E-state index contributed by atoms with van der Waals surface area (Å²) >= 11 is 7.34. The normalized spacial score (nSPS) is 12.0. The van der Waals surface area contributed by atoms with Gasteiger partial charge in [-0.05, 0) is 48.6 Å². The van der Waals surface area contributed by atoms with Crippen LogP contribution in [0.5, 0.6) is 0 Å². The van der Waals surface area contributed by atoms with Gasteiger partial charge in [0.2, 0.25) is 0 Å². The maximum absolute atomic E-state index is 12.0. The number of nitrogens with zero attached hydrogens (tertiary/aromatic N) is 2. The number of thiophene rings is 1. The molecule has 2 aromatic rings. The number of anilines is 1. The van der Waals surface area contributed by atoms with Crippen molar-refractivity contribution < 1.29 is 9.72 Å². The van der Waals surface area contributed by atoms with Crippen LogP contribution in [0.2, 0.25) is 5.02 Å². The zero-order chi connectivity index (χ0) is 17.7. The lowest BCUT2D eigenvalue weighted by Crippen LogP contribution is -2.36. The molecule has 1 aromatic carbocycles. The molecule has 2 amide bonds. The fourth-order valence-corrected chi connectivity index (χ4v) is 3.05. The molecule has 9 heteroatoms. The molecule has 0 saturated heterocycles. The maximum atomic E-state index is 12.0. The van der Waals surface area contributed by atoms with Crippen LogP contribution in [-0.4, -0.2) is 36.5 Å².